The molecule has 0 bridgehead atoms. The van der Waals surface area contributed by atoms with Crippen LogP contribution in [0.3, 0.4) is 0 Å². The second kappa shape index (κ2) is 8.25. The third-order valence-corrected chi connectivity index (χ3v) is 4.17. The fourth-order valence-corrected chi connectivity index (χ4v) is 2.48. The molecule has 0 heterocycles. The van der Waals surface area contributed by atoms with Gasteiger partial charge in [0.25, 0.3) is 0 Å². The minimum absolute atomic E-state index is 0.0135. The first-order valence-corrected chi connectivity index (χ1v) is 8.51. The van der Waals surface area contributed by atoms with Gasteiger partial charge in [-0.2, -0.15) is 0 Å². The number of hydrogen-bond acceptors (Lipinski definition) is 5. The quantitative estimate of drug-likeness (QED) is 0.644. The second-order valence-corrected chi connectivity index (χ2v) is 6.84. The van der Waals surface area contributed by atoms with Gasteiger partial charge >= 0.3 is 6.03 Å². The van der Waals surface area contributed by atoms with Crippen LogP contribution in [-0.4, -0.2) is 57.9 Å². The summed E-state index contributed by atoms with van der Waals surface area (Å²) in [7, 11) is -0.707. The number of ether oxygens (including phenoxy) is 1. The number of benzene rings is 1. The van der Waals surface area contributed by atoms with E-state index < -0.39 is 16.1 Å². The number of nitrogens with zero attached hydrogens (tertiary/aromatic N) is 1. The highest BCUT2D eigenvalue weighted by atomic mass is 32.2. The first-order chi connectivity index (χ1) is 10.6. The van der Waals surface area contributed by atoms with Crippen LogP contribution in [0.2, 0.25) is 0 Å². The molecule has 0 saturated carbocycles. The van der Waals surface area contributed by atoms with Gasteiger partial charge in [0.05, 0.1) is 30.2 Å². The van der Waals surface area contributed by atoms with E-state index in [1.54, 1.807) is 26.1 Å². The number of nitrogens with two attached hydrogens (primary N) is 1. The van der Waals surface area contributed by atoms with Crippen molar-refractivity contribution in [2.75, 3.05) is 27.3 Å². The molecule has 0 spiro atoms. The van der Waals surface area contributed by atoms with E-state index in [0.29, 0.717) is 0 Å². The molecule has 2 amide bonds. The number of aliphatic hydroxyl groups is 1. The summed E-state index contributed by atoms with van der Waals surface area (Å²) >= 11 is 0. The molecule has 0 saturated heterocycles. The molecular weight excluding hydrogens is 322 g/mol. The average Bonchev–Trinajstić information content (AvgIpc) is 2.46. The summed E-state index contributed by atoms with van der Waals surface area (Å²) in [6.45, 7) is 2.04. The molecule has 1 aromatic carbocycles. The van der Waals surface area contributed by atoms with Crippen molar-refractivity contribution in [3.63, 3.8) is 0 Å². The summed E-state index contributed by atoms with van der Waals surface area (Å²) in [6, 6.07) is 5.26. The lowest BCUT2D eigenvalue weighted by atomic mass is 10.1. The van der Waals surface area contributed by atoms with Crippen LogP contribution in [0.15, 0.2) is 29.2 Å². The number of urea groups is 1. The van der Waals surface area contributed by atoms with Gasteiger partial charge in [0, 0.05) is 14.2 Å². The number of amides is 2. The van der Waals surface area contributed by atoms with Crippen molar-refractivity contribution < 1.29 is 23.1 Å². The standard InChI is InChI=1S/C14H23N3O5S/c1-10(11-4-6-13(7-5-11)23(15,20)21)16-14(19)17(2)8-12(18)9-22-3/h4-7,10,12,18H,8-9H2,1-3H3,(H,16,19)(H2,15,20,21)/t10-,12-/m1/s1. The lowest BCUT2D eigenvalue weighted by molar-refractivity contribution is 0.0488. The Morgan fingerprint density at radius 3 is 2.43 bits per heavy atom. The minimum Gasteiger partial charge on any atom is -0.389 e. The van der Waals surface area contributed by atoms with E-state index in [1.165, 1.54) is 24.1 Å². The Morgan fingerprint density at radius 1 is 1.39 bits per heavy atom. The van der Waals surface area contributed by atoms with Crippen LogP contribution in [0.25, 0.3) is 0 Å². The molecule has 0 aliphatic heterocycles. The Labute approximate surface area is 136 Å². The van der Waals surface area contributed by atoms with E-state index in [2.05, 4.69) is 5.32 Å². The number of nitrogens with one attached hydrogen (secondary N) is 1. The summed E-state index contributed by atoms with van der Waals surface area (Å²) in [5, 5.41) is 17.4. The molecule has 130 valence electrons. The van der Waals surface area contributed by atoms with Gasteiger partial charge in [-0.1, -0.05) is 12.1 Å². The minimum atomic E-state index is -3.74. The van der Waals surface area contributed by atoms with Crippen molar-refractivity contribution in [3.8, 4) is 0 Å². The van der Waals surface area contributed by atoms with E-state index >= 15 is 0 Å². The van der Waals surface area contributed by atoms with Crippen LogP contribution in [-0.2, 0) is 14.8 Å². The van der Waals surface area contributed by atoms with Gasteiger partial charge in [0.1, 0.15) is 0 Å². The number of likely N-dealkylation sites (N-methyl/N-ethyl adjacent to an activating group) is 1. The Kier molecular flexibility index (Phi) is 6.95. The topological polar surface area (TPSA) is 122 Å². The molecule has 0 aliphatic rings. The Bertz CT molecular complexity index is 618. The zero-order chi connectivity index (χ0) is 17.6. The van der Waals surface area contributed by atoms with Gasteiger partial charge in [0.15, 0.2) is 0 Å². The maximum Gasteiger partial charge on any atom is 0.317 e. The van der Waals surface area contributed by atoms with Crippen molar-refractivity contribution >= 4 is 16.1 Å². The predicted molar refractivity (Wildman–Crippen MR) is 85.3 cm³/mol. The van der Waals surface area contributed by atoms with Crippen molar-refractivity contribution in [1.29, 1.82) is 0 Å². The predicted octanol–water partition coefficient (Wildman–Crippen LogP) is 0.0437. The number of aliphatic hydroxyl groups excluding tert-OH is 1. The second-order valence-electron chi connectivity index (χ2n) is 5.27. The monoisotopic (exact) mass is 345 g/mol. The van der Waals surface area contributed by atoms with Gasteiger partial charge in [-0.25, -0.2) is 18.4 Å². The summed E-state index contributed by atoms with van der Waals surface area (Å²) in [5.74, 6) is 0. The van der Waals surface area contributed by atoms with Crippen LogP contribution in [0, 0.1) is 0 Å². The molecular formula is C14H23N3O5S. The maximum absolute atomic E-state index is 12.0. The van der Waals surface area contributed by atoms with Crippen LogP contribution >= 0.6 is 0 Å². The Hall–Kier alpha value is -1.68. The first kappa shape index (κ1) is 19.4. The van der Waals surface area contributed by atoms with Crippen molar-refractivity contribution in [1.82, 2.24) is 10.2 Å². The Balaban J connectivity index is 2.64. The highest BCUT2D eigenvalue weighted by Gasteiger charge is 2.17. The number of carbonyl (C=O) groups is 1. The maximum atomic E-state index is 12.0. The molecule has 0 fully saturated rings. The zero-order valence-corrected chi connectivity index (χ0v) is 14.2. The number of methoxy groups -OCH3 is 1. The summed E-state index contributed by atoms with van der Waals surface area (Å²) < 4.78 is 27.2. The Morgan fingerprint density at radius 2 is 1.96 bits per heavy atom. The van der Waals surface area contributed by atoms with Gasteiger partial charge in [-0.3, -0.25) is 0 Å². The largest absolute Gasteiger partial charge is 0.389 e. The molecule has 4 N–H and O–H groups in total. The van der Waals surface area contributed by atoms with Crippen LogP contribution in [0.4, 0.5) is 4.79 Å². The number of sulfonamides is 1. The van der Waals surface area contributed by atoms with E-state index in [9.17, 15) is 18.3 Å². The molecule has 1 aromatic rings. The van der Waals surface area contributed by atoms with Gasteiger partial charge < -0.3 is 20.1 Å². The van der Waals surface area contributed by atoms with Gasteiger partial charge in [-0.15, -0.1) is 0 Å². The third-order valence-electron chi connectivity index (χ3n) is 3.24. The molecule has 0 aromatic heterocycles. The third kappa shape index (κ3) is 6.14. The lowest BCUT2D eigenvalue weighted by Crippen LogP contribution is -2.43. The van der Waals surface area contributed by atoms with Crippen LogP contribution < -0.4 is 10.5 Å². The van der Waals surface area contributed by atoms with E-state index in [0.717, 1.165) is 5.56 Å². The summed E-state index contributed by atoms with van der Waals surface area (Å²) in [5.41, 5.74) is 0.733. The van der Waals surface area contributed by atoms with Crippen molar-refractivity contribution in [3.05, 3.63) is 29.8 Å². The van der Waals surface area contributed by atoms with Crippen molar-refractivity contribution in [2.45, 2.75) is 24.0 Å². The lowest BCUT2D eigenvalue weighted by Gasteiger charge is -2.23. The highest BCUT2D eigenvalue weighted by Crippen LogP contribution is 2.15. The van der Waals surface area contributed by atoms with Crippen molar-refractivity contribution in [2.24, 2.45) is 5.14 Å². The number of primary sulfonamides is 1. The van der Waals surface area contributed by atoms with Gasteiger partial charge in [-0.05, 0) is 24.6 Å². The zero-order valence-electron chi connectivity index (χ0n) is 13.4. The molecule has 23 heavy (non-hydrogen) atoms. The normalized spacial score (nSPS) is 14.1. The molecule has 0 radical (unpaired) electrons. The molecule has 8 nitrogen and oxygen atoms in total. The molecule has 9 heteroatoms. The number of hydrogen-bond donors (Lipinski definition) is 3. The average molecular weight is 345 g/mol. The first-order valence-electron chi connectivity index (χ1n) is 6.96. The molecule has 2 atom stereocenters. The number of rotatable bonds is 7. The van der Waals surface area contributed by atoms with E-state index in [4.69, 9.17) is 9.88 Å². The van der Waals surface area contributed by atoms with E-state index in [1.807, 2.05) is 0 Å². The SMILES string of the molecule is COC[C@H](O)CN(C)C(=O)N[C@H](C)c1ccc(S(N)(=O)=O)cc1. The number of carbonyl (C=O) groups excluding carboxylic acids is 1. The smallest absolute Gasteiger partial charge is 0.317 e. The fraction of sp³-hybridized carbons (Fsp3) is 0.500. The summed E-state index contributed by atoms with van der Waals surface area (Å²) in [4.78, 5) is 13.4. The van der Waals surface area contributed by atoms with E-state index in [-0.39, 0.29) is 30.1 Å². The van der Waals surface area contributed by atoms with Crippen LogP contribution in [0.5, 0.6) is 0 Å². The fourth-order valence-electron chi connectivity index (χ4n) is 1.97. The molecule has 1 rings (SSSR count). The van der Waals surface area contributed by atoms with Gasteiger partial charge in [0.2, 0.25) is 10.0 Å². The molecule has 0 unspecified atom stereocenters. The highest BCUT2D eigenvalue weighted by molar-refractivity contribution is 7.89. The molecule has 0 aliphatic carbocycles. The summed E-state index contributed by atoms with van der Waals surface area (Å²) in [6.07, 6.45) is -0.764. The van der Waals surface area contributed by atoms with Crippen LogP contribution in [0.1, 0.15) is 18.5 Å².